The van der Waals surface area contributed by atoms with Gasteiger partial charge in [0.1, 0.15) is 11.6 Å². The Labute approximate surface area is 84.5 Å². The maximum Gasteiger partial charge on any atom is 0.131 e. The second-order valence-electron chi connectivity index (χ2n) is 2.88. The Hall–Kier alpha value is -1.42. The molecule has 1 aromatic rings. The minimum Gasteiger partial charge on any atom is -0.367 e. The van der Waals surface area contributed by atoms with Crippen molar-refractivity contribution in [1.29, 1.82) is 0 Å². The Morgan fingerprint density at radius 3 is 3.14 bits per heavy atom. The van der Waals surface area contributed by atoms with Crippen LogP contribution in [0.5, 0.6) is 0 Å². The first-order valence-electron chi connectivity index (χ1n) is 4.68. The van der Waals surface area contributed by atoms with E-state index in [2.05, 4.69) is 27.2 Å². The molecule has 1 aromatic heterocycles. The molecule has 76 valence electrons. The molecule has 0 spiro atoms. The van der Waals surface area contributed by atoms with E-state index < -0.39 is 0 Å². The van der Waals surface area contributed by atoms with Gasteiger partial charge in [0.15, 0.2) is 0 Å². The number of nitrogens with one attached hydrogen (secondary N) is 2. The second kappa shape index (κ2) is 6.10. The molecule has 1 rings (SSSR count). The topological polar surface area (TPSA) is 49.8 Å². The van der Waals surface area contributed by atoms with Gasteiger partial charge in [0.2, 0.25) is 0 Å². The molecule has 0 bridgehead atoms. The minimum atomic E-state index is 0.725. The van der Waals surface area contributed by atoms with Gasteiger partial charge in [-0.15, -0.1) is 6.58 Å². The van der Waals surface area contributed by atoms with Gasteiger partial charge in [0.25, 0.3) is 0 Å². The molecular weight excluding hydrogens is 176 g/mol. The minimum absolute atomic E-state index is 0.725. The standard InChI is InChI=1S/C10H16N4/c1-3-6-12-10-5-8-13-9(14-10)4-7-11-2/h3,5,8,11H,1,4,6-7H2,2H3,(H,12,13,14). The molecule has 0 saturated carbocycles. The van der Waals surface area contributed by atoms with Crippen LogP contribution < -0.4 is 10.6 Å². The summed E-state index contributed by atoms with van der Waals surface area (Å²) < 4.78 is 0. The van der Waals surface area contributed by atoms with E-state index in [1.165, 1.54) is 0 Å². The van der Waals surface area contributed by atoms with Crippen LogP contribution in [0.25, 0.3) is 0 Å². The molecule has 0 saturated heterocycles. The summed E-state index contributed by atoms with van der Waals surface area (Å²) in [7, 11) is 1.92. The average molecular weight is 192 g/mol. The van der Waals surface area contributed by atoms with E-state index in [0.717, 1.165) is 31.2 Å². The lowest BCUT2D eigenvalue weighted by atomic mass is 10.4. The Morgan fingerprint density at radius 2 is 2.43 bits per heavy atom. The van der Waals surface area contributed by atoms with Crippen LogP contribution in [0.4, 0.5) is 5.82 Å². The zero-order valence-corrected chi connectivity index (χ0v) is 8.45. The highest BCUT2D eigenvalue weighted by Gasteiger charge is 1.97. The molecule has 0 radical (unpaired) electrons. The van der Waals surface area contributed by atoms with Crippen LogP contribution in [-0.4, -0.2) is 30.1 Å². The summed E-state index contributed by atoms with van der Waals surface area (Å²) in [5.41, 5.74) is 0. The maximum atomic E-state index is 4.34. The predicted molar refractivity (Wildman–Crippen MR) is 58.3 cm³/mol. The molecule has 0 fully saturated rings. The Bertz CT molecular complexity index is 285. The smallest absolute Gasteiger partial charge is 0.131 e. The monoisotopic (exact) mass is 192 g/mol. The quantitative estimate of drug-likeness (QED) is 0.656. The van der Waals surface area contributed by atoms with Gasteiger partial charge in [0.05, 0.1) is 0 Å². The molecular formula is C10H16N4. The van der Waals surface area contributed by atoms with Crippen molar-refractivity contribution in [2.75, 3.05) is 25.5 Å². The third-order valence-corrected chi connectivity index (χ3v) is 1.73. The molecule has 0 amide bonds. The summed E-state index contributed by atoms with van der Waals surface area (Å²) in [5, 5.41) is 6.18. The first kappa shape index (κ1) is 10.7. The van der Waals surface area contributed by atoms with Crippen molar-refractivity contribution in [3.63, 3.8) is 0 Å². The fourth-order valence-corrected chi connectivity index (χ4v) is 1.03. The SMILES string of the molecule is C=CCNc1ccnc(CCNC)n1. The summed E-state index contributed by atoms with van der Waals surface area (Å²) in [6.45, 7) is 5.25. The lowest BCUT2D eigenvalue weighted by molar-refractivity contribution is 0.756. The van der Waals surface area contributed by atoms with Gasteiger partial charge in [-0.3, -0.25) is 0 Å². The summed E-state index contributed by atoms with van der Waals surface area (Å²) in [6.07, 6.45) is 4.42. The number of rotatable bonds is 6. The summed E-state index contributed by atoms with van der Waals surface area (Å²) in [6, 6.07) is 1.85. The Kier molecular flexibility index (Phi) is 4.64. The fraction of sp³-hybridized carbons (Fsp3) is 0.400. The molecule has 4 heteroatoms. The third-order valence-electron chi connectivity index (χ3n) is 1.73. The van der Waals surface area contributed by atoms with Crippen LogP contribution in [0.3, 0.4) is 0 Å². The molecule has 14 heavy (non-hydrogen) atoms. The summed E-state index contributed by atoms with van der Waals surface area (Å²) in [5.74, 6) is 1.71. The molecule has 0 unspecified atom stereocenters. The van der Waals surface area contributed by atoms with Crippen LogP contribution in [0, 0.1) is 0 Å². The summed E-state index contributed by atoms with van der Waals surface area (Å²) in [4.78, 5) is 8.51. The molecule has 0 aliphatic rings. The maximum absolute atomic E-state index is 4.34. The lowest BCUT2D eigenvalue weighted by Crippen LogP contribution is -2.13. The van der Waals surface area contributed by atoms with Gasteiger partial charge in [-0.1, -0.05) is 6.08 Å². The van der Waals surface area contributed by atoms with Gasteiger partial charge >= 0.3 is 0 Å². The van der Waals surface area contributed by atoms with Gasteiger partial charge in [0, 0.05) is 25.7 Å². The fourth-order valence-electron chi connectivity index (χ4n) is 1.03. The Morgan fingerprint density at radius 1 is 1.57 bits per heavy atom. The number of hydrogen-bond acceptors (Lipinski definition) is 4. The third kappa shape index (κ3) is 3.53. The lowest BCUT2D eigenvalue weighted by Gasteiger charge is -2.04. The number of nitrogens with zero attached hydrogens (tertiary/aromatic N) is 2. The van der Waals surface area contributed by atoms with E-state index in [0.29, 0.717) is 0 Å². The van der Waals surface area contributed by atoms with Gasteiger partial charge in [-0.05, 0) is 13.1 Å². The molecule has 0 atom stereocenters. The number of aromatic nitrogens is 2. The predicted octanol–water partition coefficient (Wildman–Crippen LogP) is 0.836. The van der Waals surface area contributed by atoms with Crippen molar-refractivity contribution in [2.45, 2.75) is 6.42 Å². The van der Waals surface area contributed by atoms with E-state index in [1.807, 2.05) is 13.1 Å². The largest absolute Gasteiger partial charge is 0.367 e. The van der Waals surface area contributed by atoms with Crippen molar-refractivity contribution in [1.82, 2.24) is 15.3 Å². The number of likely N-dealkylation sites (N-methyl/N-ethyl adjacent to an activating group) is 1. The highest BCUT2D eigenvalue weighted by molar-refractivity contribution is 5.33. The van der Waals surface area contributed by atoms with Crippen LogP contribution in [0.15, 0.2) is 24.9 Å². The molecule has 0 aliphatic carbocycles. The van der Waals surface area contributed by atoms with E-state index in [9.17, 15) is 0 Å². The second-order valence-corrected chi connectivity index (χ2v) is 2.88. The van der Waals surface area contributed by atoms with E-state index in [4.69, 9.17) is 0 Å². The first-order valence-corrected chi connectivity index (χ1v) is 4.68. The summed E-state index contributed by atoms with van der Waals surface area (Å²) >= 11 is 0. The van der Waals surface area contributed by atoms with E-state index in [1.54, 1.807) is 12.3 Å². The Balaban J connectivity index is 2.54. The first-order chi connectivity index (χ1) is 6.86. The highest BCUT2D eigenvalue weighted by atomic mass is 15.0. The number of hydrogen-bond donors (Lipinski definition) is 2. The van der Waals surface area contributed by atoms with Crippen LogP contribution in [0.1, 0.15) is 5.82 Å². The zero-order valence-electron chi connectivity index (χ0n) is 8.45. The van der Waals surface area contributed by atoms with Crippen molar-refractivity contribution in [3.8, 4) is 0 Å². The van der Waals surface area contributed by atoms with Crippen LogP contribution >= 0.6 is 0 Å². The van der Waals surface area contributed by atoms with E-state index in [-0.39, 0.29) is 0 Å². The van der Waals surface area contributed by atoms with Crippen molar-refractivity contribution >= 4 is 5.82 Å². The van der Waals surface area contributed by atoms with Crippen LogP contribution in [0.2, 0.25) is 0 Å². The molecule has 4 nitrogen and oxygen atoms in total. The van der Waals surface area contributed by atoms with Crippen LogP contribution in [-0.2, 0) is 6.42 Å². The molecule has 2 N–H and O–H groups in total. The van der Waals surface area contributed by atoms with Gasteiger partial charge in [-0.25, -0.2) is 9.97 Å². The molecule has 0 aliphatic heterocycles. The normalized spacial score (nSPS) is 9.79. The van der Waals surface area contributed by atoms with Crippen molar-refractivity contribution in [3.05, 3.63) is 30.7 Å². The van der Waals surface area contributed by atoms with Crippen molar-refractivity contribution < 1.29 is 0 Å². The molecule has 0 aromatic carbocycles. The van der Waals surface area contributed by atoms with Crippen molar-refractivity contribution in [2.24, 2.45) is 0 Å². The number of anilines is 1. The highest BCUT2D eigenvalue weighted by Crippen LogP contribution is 2.01. The van der Waals surface area contributed by atoms with E-state index >= 15 is 0 Å². The van der Waals surface area contributed by atoms with Gasteiger partial charge < -0.3 is 10.6 Å². The zero-order chi connectivity index (χ0) is 10.2. The molecule has 1 heterocycles. The average Bonchev–Trinajstić information content (AvgIpc) is 2.24. The van der Waals surface area contributed by atoms with Gasteiger partial charge in [-0.2, -0.15) is 0 Å².